The van der Waals surface area contributed by atoms with Gasteiger partial charge in [-0.2, -0.15) is 0 Å². The first-order valence-corrected chi connectivity index (χ1v) is 5.98. The third kappa shape index (κ3) is 0.674. The molecule has 1 nitrogen and oxygen atoms in total. The maximum absolute atomic E-state index is 2.67. The summed E-state index contributed by atoms with van der Waals surface area (Å²) in [7, 11) is 2.36. The van der Waals surface area contributed by atoms with E-state index in [1.165, 1.54) is 12.5 Å². The summed E-state index contributed by atoms with van der Waals surface area (Å²) in [6.45, 7) is 1.41. The molecule has 0 N–H and O–H groups in total. The van der Waals surface area contributed by atoms with E-state index in [1.807, 2.05) is 0 Å². The topological polar surface area (TPSA) is 3.24 Å². The van der Waals surface area contributed by atoms with Crippen LogP contribution in [0.1, 0.15) is 32.1 Å². The Labute approximate surface area is 80.5 Å². The molecule has 4 rings (SSSR count). The summed E-state index contributed by atoms with van der Waals surface area (Å²) in [6.07, 6.45) is 7.88. The third-order valence-electron chi connectivity index (χ3n) is 5.82. The number of fused-ring (bicyclic) bond motifs is 2. The predicted molar refractivity (Wildman–Crippen MR) is 52.4 cm³/mol. The average Bonchev–Trinajstić information content (AvgIpc) is 2.48. The van der Waals surface area contributed by atoms with Crippen LogP contribution in [0.3, 0.4) is 0 Å². The summed E-state index contributed by atoms with van der Waals surface area (Å²) >= 11 is 0. The lowest BCUT2D eigenvalue weighted by Crippen LogP contribution is -2.41. The molecule has 0 amide bonds. The van der Waals surface area contributed by atoms with Crippen molar-refractivity contribution in [3.05, 3.63) is 0 Å². The zero-order valence-corrected chi connectivity index (χ0v) is 8.50. The molecule has 1 spiro atoms. The molecule has 3 bridgehead atoms. The van der Waals surface area contributed by atoms with Gasteiger partial charge in [-0.1, -0.05) is 0 Å². The Morgan fingerprint density at radius 1 is 1.08 bits per heavy atom. The Morgan fingerprint density at radius 2 is 1.92 bits per heavy atom. The van der Waals surface area contributed by atoms with Crippen molar-refractivity contribution < 1.29 is 0 Å². The van der Waals surface area contributed by atoms with E-state index in [1.54, 1.807) is 32.1 Å². The van der Waals surface area contributed by atoms with Gasteiger partial charge in [-0.15, -0.1) is 0 Å². The minimum Gasteiger partial charge on any atom is -0.303 e. The smallest absolute Gasteiger partial charge is 0.0101 e. The van der Waals surface area contributed by atoms with Crippen LogP contribution in [0.4, 0.5) is 0 Å². The maximum Gasteiger partial charge on any atom is 0.0101 e. The van der Waals surface area contributed by atoms with Gasteiger partial charge in [0.15, 0.2) is 0 Å². The highest BCUT2D eigenvalue weighted by Gasteiger charge is 2.65. The molecule has 4 aliphatic rings. The fourth-order valence-corrected chi connectivity index (χ4v) is 5.30. The van der Waals surface area contributed by atoms with Crippen molar-refractivity contribution in [2.75, 3.05) is 13.6 Å². The third-order valence-corrected chi connectivity index (χ3v) is 5.82. The molecule has 0 aromatic carbocycles. The number of hydrogen-bond acceptors (Lipinski definition) is 1. The lowest BCUT2D eigenvalue weighted by molar-refractivity contribution is 0.00297. The van der Waals surface area contributed by atoms with Gasteiger partial charge in [0.2, 0.25) is 0 Å². The fourth-order valence-electron chi connectivity index (χ4n) is 5.30. The molecule has 3 saturated carbocycles. The normalized spacial score (nSPS) is 63.5. The van der Waals surface area contributed by atoms with Crippen LogP contribution in [0.5, 0.6) is 0 Å². The van der Waals surface area contributed by atoms with Gasteiger partial charge >= 0.3 is 0 Å². The second kappa shape index (κ2) is 1.98. The highest BCUT2D eigenvalue weighted by Crippen LogP contribution is 2.71. The fraction of sp³-hybridized carbons (Fsp3) is 1.00. The highest BCUT2D eigenvalue weighted by atomic mass is 15.2. The monoisotopic (exact) mass is 177 g/mol. The SMILES string of the molecule is CN1CC2CC3CC4CC1CC34C2. The van der Waals surface area contributed by atoms with Crippen molar-refractivity contribution in [3.63, 3.8) is 0 Å². The Balaban J connectivity index is 1.80. The van der Waals surface area contributed by atoms with E-state index >= 15 is 0 Å². The summed E-state index contributed by atoms with van der Waals surface area (Å²) in [5.41, 5.74) is 0.889. The summed E-state index contributed by atoms with van der Waals surface area (Å²) in [5.74, 6) is 3.39. The number of rotatable bonds is 0. The van der Waals surface area contributed by atoms with E-state index < -0.39 is 0 Å². The summed E-state index contributed by atoms with van der Waals surface area (Å²) in [6, 6.07) is 0.972. The van der Waals surface area contributed by atoms with Crippen LogP contribution in [0, 0.1) is 23.2 Å². The Kier molecular flexibility index (Phi) is 1.11. The van der Waals surface area contributed by atoms with Gasteiger partial charge in [-0.3, -0.25) is 0 Å². The molecule has 1 heteroatoms. The summed E-state index contributed by atoms with van der Waals surface area (Å²) in [4.78, 5) is 2.67. The van der Waals surface area contributed by atoms with E-state index in [2.05, 4.69) is 11.9 Å². The Hall–Kier alpha value is -0.0400. The Bertz CT molecular complexity index is 262. The van der Waals surface area contributed by atoms with E-state index in [9.17, 15) is 0 Å². The highest BCUT2D eigenvalue weighted by molar-refractivity contribution is 5.16. The van der Waals surface area contributed by atoms with Crippen molar-refractivity contribution in [2.24, 2.45) is 23.2 Å². The molecule has 1 heterocycles. The van der Waals surface area contributed by atoms with E-state index in [-0.39, 0.29) is 0 Å². The van der Waals surface area contributed by atoms with E-state index in [4.69, 9.17) is 0 Å². The molecule has 72 valence electrons. The van der Waals surface area contributed by atoms with Crippen molar-refractivity contribution >= 4 is 0 Å². The summed E-state index contributed by atoms with van der Waals surface area (Å²) in [5, 5.41) is 0. The van der Waals surface area contributed by atoms with Gasteiger partial charge in [-0.05, 0) is 62.3 Å². The van der Waals surface area contributed by atoms with Gasteiger partial charge < -0.3 is 4.90 Å². The van der Waals surface area contributed by atoms with Crippen molar-refractivity contribution in [1.29, 1.82) is 0 Å². The number of hydrogen-bond donors (Lipinski definition) is 0. The Morgan fingerprint density at radius 3 is 2.85 bits per heavy atom. The average molecular weight is 177 g/mol. The first kappa shape index (κ1) is 7.28. The molecule has 0 aromatic heterocycles. The molecule has 1 saturated heterocycles. The van der Waals surface area contributed by atoms with Gasteiger partial charge in [0, 0.05) is 12.6 Å². The van der Waals surface area contributed by atoms with Crippen molar-refractivity contribution in [3.8, 4) is 0 Å². The van der Waals surface area contributed by atoms with Crippen LogP contribution in [0.25, 0.3) is 0 Å². The molecular formula is C12H19N. The van der Waals surface area contributed by atoms with Gasteiger partial charge in [-0.25, -0.2) is 0 Å². The van der Waals surface area contributed by atoms with E-state index in [0.717, 1.165) is 23.3 Å². The van der Waals surface area contributed by atoms with Crippen LogP contribution >= 0.6 is 0 Å². The van der Waals surface area contributed by atoms with Crippen LogP contribution in [0.2, 0.25) is 0 Å². The van der Waals surface area contributed by atoms with Crippen LogP contribution < -0.4 is 0 Å². The summed E-state index contributed by atoms with van der Waals surface area (Å²) < 4.78 is 0. The molecule has 5 unspecified atom stereocenters. The zero-order valence-electron chi connectivity index (χ0n) is 8.50. The van der Waals surface area contributed by atoms with Crippen LogP contribution in [-0.4, -0.2) is 24.5 Å². The zero-order chi connectivity index (χ0) is 8.63. The van der Waals surface area contributed by atoms with E-state index in [0.29, 0.717) is 0 Å². The lowest BCUT2D eigenvalue weighted by Gasteiger charge is -2.48. The number of likely N-dealkylation sites (tertiary alicyclic amines) is 1. The van der Waals surface area contributed by atoms with Crippen LogP contribution in [0.15, 0.2) is 0 Å². The predicted octanol–water partition coefficient (Wildman–Crippen LogP) is 2.13. The lowest BCUT2D eigenvalue weighted by atomic mass is 9.56. The second-order valence-corrected chi connectivity index (χ2v) is 6.20. The molecule has 13 heavy (non-hydrogen) atoms. The van der Waals surface area contributed by atoms with Crippen molar-refractivity contribution in [2.45, 2.75) is 38.1 Å². The largest absolute Gasteiger partial charge is 0.303 e. The quantitative estimate of drug-likeness (QED) is 0.548. The van der Waals surface area contributed by atoms with Gasteiger partial charge in [0.05, 0.1) is 0 Å². The molecule has 0 radical (unpaired) electrons. The molecule has 1 aliphatic heterocycles. The first-order valence-electron chi connectivity index (χ1n) is 5.98. The van der Waals surface area contributed by atoms with Crippen LogP contribution in [-0.2, 0) is 0 Å². The molecule has 4 fully saturated rings. The number of nitrogens with zero attached hydrogens (tertiary/aromatic N) is 1. The molecule has 3 aliphatic carbocycles. The molecule has 5 atom stereocenters. The minimum atomic E-state index is 0.889. The standard InChI is InChI=1S/C12H19N/c1-13-7-8-2-9-3-10-4-11(13)6-12(9,10)5-8/h8-11H,2-7H2,1H3. The molecular weight excluding hydrogens is 158 g/mol. The van der Waals surface area contributed by atoms with Gasteiger partial charge in [0.1, 0.15) is 0 Å². The second-order valence-electron chi connectivity index (χ2n) is 6.20. The molecule has 0 aromatic rings. The van der Waals surface area contributed by atoms with Gasteiger partial charge in [0.25, 0.3) is 0 Å². The first-order chi connectivity index (χ1) is 6.28. The minimum absolute atomic E-state index is 0.889. The maximum atomic E-state index is 2.67. The van der Waals surface area contributed by atoms with Crippen molar-refractivity contribution in [1.82, 2.24) is 4.90 Å².